The highest BCUT2D eigenvalue weighted by molar-refractivity contribution is 6.22. The first kappa shape index (κ1) is 23.8. The van der Waals surface area contributed by atoms with Crippen molar-refractivity contribution in [1.82, 2.24) is 9.80 Å². The van der Waals surface area contributed by atoms with Crippen LogP contribution < -0.4 is 10.1 Å². The number of carbonyl (C=O) groups is 3. The van der Waals surface area contributed by atoms with E-state index in [0.29, 0.717) is 22.6 Å². The van der Waals surface area contributed by atoms with Gasteiger partial charge < -0.3 is 10.1 Å². The van der Waals surface area contributed by atoms with Crippen molar-refractivity contribution in [2.75, 3.05) is 25.5 Å². The van der Waals surface area contributed by atoms with Crippen LogP contribution in [-0.2, 0) is 13.1 Å². The molecule has 7 heteroatoms. The van der Waals surface area contributed by atoms with Crippen molar-refractivity contribution in [3.05, 3.63) is 94.5 Å². The SMILES string of the molecule is COc1ccc(CN2C(=O)c3ccc(C(=O)Nc4ccc(CN5CCCCC5)cc4)cc3C2=O)cc1. The zero-order valence-corrected chi connectivity index (χ0v) is 20.3. The summed E-state index contributed by atoms with van der Waals surface area (Å²) in [4.78, 5) is 42.4. The van der Waals surface area contributed by atoms with E-state index in [2.05, 4.69) is 10.2 Å². The number of nitrogens with zero attached hydrogens (tertiary/aromatic N) is 2. The van der Waals surface area contributed by atoms with Crippen LogP contribution in [0.5, 0.6) is 5.75 Å². The van der Waals surface area contributed by atoms with Gasteiger partial charge in [0.15, 0.2) is 0 Å². The number of piperidine rings is 1. The highest BCUT2D eigenvalue weighted by Crippen LogP contribution is 2.27. The molecule has 1 N–H and O–H groups in total. The Hall–Kier alpha value is -3.97. The second-order valence-electron chi connectivity index (χ2n) is 9.29. The summed E-state index contributed by atoms with van der Waals surface area (Å²) in [5.74, 6) is -0.381. The summed E-state index contributed by atoms with van der Waals surface area (Å²) >= 11 is 0. The van der Waals surface area contributed by atoms with Gasteiger partial charge in [-0.2, -0.15) is 0 Å². The first-order chi connectivity index (χ1) is 17.5. The van der Waals surface area contributed by atoms with Crippen LogP contribution >= 0.6 is 0 Å². The Kier molecular flexibility index (Phi) is 6.82. The summed E-state index contributed by atoms with van der Waals surface area (Å²) in [7, 11) is 1.58. The topological polar surface area (TPSA) is 79.0 Å². The normalized spacial score (nSPS) is 15.6. The van der Waals surface area contributed by atoms with E-state index in [0.717, 1.165) is 25.2 Å². The van der Waals surface area contributed by atoms with Crippen LogP contribution in [0.25, 0.3) is 0 Å². The summed E-state index contributed by atoms with van der Waals surface area (Å²) in [6, 6.07) is 19.7. The summed E-state index contributed by atoms with van der Waals surface area (Å²) < 4.78 is 5.16. The first-order valence-electron chi connectivity index (χ1n) is 12.3. The van der Waals surface area contributed by atoms with E-state index in [4.69, 9.17) is 4.74 Å². The predicted octanol–water partition coefficient (Wildman–Crippen LogP) is 4.73. The van der Waals surface area contributed by atoms with E-state index in [1.165, 1.54) is 35.8 Å². The molecule has 0 unspecified atom stereocenters. The van der Waals surface area contributed by atoms with Gasteiger partial charge in [-0.15, -0.1) is 0 Å². The largest absolute Gasteiger partial charge is 0.497 e. The second-order valence-corrected chi connectivity index (χ2v) is 9.29. The van der Waals surface area contributed by atoms with Crippen molar-refractivity contribution in [2.45, 2.75) is 32.4 Å². The number of hydrogen-bond donors (Lipinski definition) is 1. The molecule has 5 rings (SSSR count). The second kappa shape index (κ2) is 10.3. The maximum absolute atomic E-state index is 13.0. The van der Waals surface area contributed by atoms with Gasteiger partial charge in [0.1, 0.15) is 5.75 Å². The van der Waals surface area contributed by atoms with Gasteiger partial charge >= 0.3 is 0 Å². The zero-order valence-electron chi connectivity index (χ0n) is 20.3. The fourth-order valence-electron chi connectivity index (χ4n) is 4.76. The van der Waals surface area contributed by atoms with Crippen LogP contribution in [0.4, 0.5) is 5.69 Å². The lowest BCUT2D eigenvalue weighted by atomic mass is 10.1. The number of imide groups is 1. The van der Waals surface area contributed by atoms with Crippen LogP contribution in [0.3, 0.4) is 0 Å². The van der Waals surface area contributed by atoms with E-state index in [1.807, 2.05) is 36.4 Å². The molecule has 3 aromatic rings. The van der Waals surface area contributed by atoms with Crippen LogP contribution in [0.2, 0.25) is 0 Å². The van der Waals surface area contributed by atoms with Crippen molar-refractivity contribution in [1.29, 1.82) is 0 Å². The monoisotopic (exact) mass is 483 g/mol. The molecule has 36 heavy (non-hydrogen) atoms. The molecule has 0 atom stereocenters. The predicted molar refractivity (Wildman–Crippen MR) is 137 cm³/mol. The van der Waals surface area contributed by atoms with E-state index >= 15 is 0 Å². The standard InChI is InChI=1S/C29H29N3O4/c1-36-24-12-7-21(8-13-24)19-32-28(34)25-14-9-22(17-26(25)29(32)35)27(33)30-23-10-5-20(6-11-23)18-31-15-3-2-4-16-31/h5-14,17H,2-4,15-16,18-19H2,1H3,(H,30,33). The van der Waals surface area contributed by atoms with Crippen molar-refractivity contribution in [2.24, 2.45) is 0 Å². The molecule has 1 saturated heterocycles. The maximum atomic E-state index is 13.0. The quantitative estimate of drug-likeness (QED) is 0.492. The highest BCUT2D eigenvalue weighted by Gasteiger charge is 2.36. The lowest BCUT2D eigenvalue weighted by Gasteiger charge is -2.26. The van der Waals surface area contributed by atoms with Gasteiger partial charge in [-0.05, 0) is 79.5 Å². The van der Waals surface area contributed by atoms with Crippen molar-refractivity contribution >= 4 is 23.4 Å². The van der Waals surface area contributed by atoms with E-state index in [9.17, 15) is 14.4 Å². The van der Waals surface area contributed by atoms with E-state index < -0.39 is 5.91 Å². The van der Waals surface area contributed by atoms with E-state index in [1.54, 1.807) is 31.4 Å². The zero-order chi connectivity index (χ0) is 25.1. The minimum absolute atomic E-state index is 0.154. The fraction of sp³-hybridized carbons (Fsp3) is 0.276. The third-order valence-electron chi connectivity index (χ3n) is 6.80. The fourth-order valence-corrected chi connectivity index (χ4v) is 4.76. The number of fused-ring (bicyclic) bond motifs is 1. The minimum atomic E-state index is -0.400. The van der Waals surface area contributed by atoms with Gasteiger partial charge in [-0.3, -0.25) is 24.2 Å². The number of hydrogen-bond acceptors (Lipinski definition) is 5. The number of methoxy groups -OCH3 is 1. The lowest BCUT2D eigenvalue weighted by molar-refractivity contribution is 0.0642. The number of carbonyl (C=O) groups excluding carboxylic acids is 3. The average Bonchev–Trinajstić information content (AvgIpc) is 3.15. The Bertz CT molecular complexity index is 1280. The Labute approximate surface area is 210 Å². The molecule has 2 heterocycles. The van der Waals surface area contributed by atoms with E-state index in [-0.39, 0.29) is 23.9 Å². The molecule has 7 nitrogen and oxygen atoms in total. The first-order valence-corrected chi connectivity index (χ1v) is 12.3. The summed E-state index contributed by atoms with van der Waals surface area (Å²) in [6.45, 7) is 3.34. The summed E-state index contributed by atoms with van der Waals surface area (Å²) in [5, 5.41) is 2.89. The maximum Gasteiger partial charge on any atom is 0.261 e. The van der Waals surface area contributed by atoms with Gasteiger partial charge in [0.05, 0.1) is 24.8 Å². The van der Waals surface area contributed by atoms with Crippen molar-refractivity contribution < 1.29 is 19.1 Å². The molecule has 0 saturated carbocycles. The van der Waals surface area contributed by atoms with Crippen LogP contribution in [-0.4, -0.2) is 47.7 Å². The Morgan fingerprint density at radius 2 is 1.44 bits per heavy atom. The number of anilines is 1. The Morgan fingerprint density at radius 1 is 0.806 bits per heavy atom. The van der Waals surface area contributed by atoms with Gasteiger partial charge in [0.2, 0.25) is 0 Å². The molecule has 0 aliphatic carbocycles. The summed E-state index contributed by atoms with van der Waals surface area (Å²) in [6.07, 6.45) is 3.81. The van der Waals surface area contributed by atoms with Gasteiger partial charge in [-0.25, -0.2) is 0 Å². The molecule has 0 spiro atoms. The summed E-state index contributed by atoms with van der Waals surface area (Å²) in [5.41, 5.74) is 3.61. The molecule has 0 bridgehead atoms. The lowest BCUT2D eigenvalue weighted by Crippen LogP contribution is -2.29. The number of nitrogens with one attached hydrogen (secondary N) is 1. The minimum Gasteiger partial charge on any atom is -0.497 e. The number of ether oxygens (including phenoxy) is 1. The molecule has 3 amide bonds. The Balaban J connectivity index is 1.24. The number of amides is 3. The number of rotatable bonds is 7. The van der Waals surface area contributed by atoms with Crippen LogP contribution in [0.15, 0.2) is 66.7 Å². The third kappa shape index (κ3) is 5.02. The molecular formula is C29H29N3O4. The molecule has 2 aliphatic heterocycles. The van der Waals surface area contributed by atoms with Crippen LogP contribution in [0.1, 0.15) is 61.5 Å². The molecule has 184 valence electrons. The highest BCUT2D eigenvalue weighted by atomic mass is 16.5. The van der Waals surface area contributed by atoms with Gasteiger partial charge in [0.25, 0.3) is 17.7 Å². The van der Waals surface area contributed by atoms with Crippen LogP contribution in [0, 0.1) is 0 Å². The average molecular weight is 484 g/mol. The van der Waals surface area contributed by atoms with Gasteiger partial charge in [0, 0.05) is 17.8 Å². The molecule has 2 aliphatic rings. The smallest absolute Gasteiger partial charge is 0.261 e. The van der Waals surface area contributed by atoms with Crippen molar-refractivity contribution in [3.8, 4) is 5.75 Å². The van der Waals surface area contributed by atoms with Gasteiger partial charge in [-0.1, -0.05) is 30.7 Å². The molecule has 3 aromatic carbocycles. The third-order valence-corrected chi connectivity index (χ3v) is 6.80. The molecule has 0 aromatic heterocycles. The number of benzene rings is 3. The molecule has 1 fully saturated rings. The Morgan fingerprint density at radius 3 is 2.14 bits per heavy atom. The molecular weight excluding hydrogens is 454 g/mol. The molecule has 0 radical (unpaired) electrons. The van der Waals surface area contributed by atoms with Crippen molar-refractivity contribution in [3.63, 3.8) is 0 Å². The number of likely N-dealkylation sites (tertiary alicyclic amines) is 1.